The highest BCUT2D eigenvalue weighted by Gasteiger charge is 2.35. The molecule has 0 bridgehead atoms. The van der Waals surface area contributed by atoms with Crippen LogP contribution >= 0.6 is 79.8 Å². The molecule has 0 aliphatic heterocycles. The van der Waals surface area contributed by atoms with Gasteiger partial charge in [0.15, 0.2) is 0 Å². The van der Waals surface area contributed by atoms with E-state index in [1.165, 1.54) is 3.71 Å². The zero-order chi connectivity index (χ0) is 9.28. The van der Waals surface area contributed by atoms with E-state index in [4.69, 9.17) is 64.1 Å². The van der Waals surface area contributed by atoms with Gasteiger partial charge in [-0.15, -0.1) is 0 Å². The third kappa shape index (κ3) is 4.99. The van der Waals surface area contributed by atoms with E-state index in [0.29, 0.717) is 6.54 Å². The van der Waals surface area contributed by atoms with E-state index >= 15 is 0 Å². The highest BCUT2D eigenvalue weighted by Crippen LogP contribution is 2.81. The van der Waals surface area contributed by atoms with Gasteiger partial charge in [-0.25, -0.2) is 0 Å². The summed E-state index contributed by atoms with van der Waals surface area (Å²) < 4.78 is 1.26. The maximum absolute atomic E-state index is 5.59. The van der Waals surface area contributed by atoms with Crippen molar-refractivity contribution in [1.82, 2.24) is 3.71 Å². The molecule has 0 heterocycles. The van der Waals surface area contributed by atoms with Gasteiger partial charge in [-0.05, 0) is 64.1 Å². The van der Waals surface area contributed by atoms with Gasteiger partial charge in [0.25, 0.3) is 0 Å². The first kappa shape index (κ1) is 13.4. The first-order chi connectivity index (χ1) is 4.69. The fourth-order valence-electron chi connectivity index (χ4n) is 0.389. The van der Waals surface area contributed by atoms with Crippen LogP contribution in [0, 0.1) is 0 Å². The van der Waals surface area contributed by atoms with Crippen LogP contribution < -0.4 is 0 Å². The summed E-state index contributed by atoms with van der Waals surface area (Å²) in [5.74, 6) is 0. The van der Waals surface area contributed by atoms with E-state index in [2.05, 4.69) is 0 Å². The molecule has 0 N–H and O–H groups in total. The monoisotopic (exact) mass is 317 g/mol. The molecule has 1 nitrogen and oxygen atoms in total. The molecule has 0 aliphatic rings. The molecule has 0 unspecified atom stereocenters. The van der Waals surface area contributed by atoms with E-state index in [0.717, 1.165) is 0 Å². The molecule has 0 aliphatic carbocycles. The van der Waals surface area contributed by atoms with Crippen molar-refractivity contribution >= 4 is 79.8 Å². The molecule has 0 spiro atoms. The SMILES string of the molecule is CCN(S(Cl)(Cl)Cl)S(Cl)(Cl)Cl. The van der Waals surface area contributed by atoms with Crippen LogP contribution in [0.4, 0.5) is 0 Å². The Labute approximate surface area is 96.1 Å². The summed E-state index contributed by atoms with van der Waals surface area (Å²) in [4.78, 5) is 0. The predicted octanol–water partition coefficient (Wildman–Crippen LogP) is 5.67. The highest BCUT2D eigenvalue weighted by atomic mass is 36.2. The Morgan fingerprint density at radius 3 is 1.18 bits per heavy atom. The average molecular weight is 320 g/mol. The van der Waals surface area contributed by atoms with E-state index in [1.54, 1.807) is 6.92 Å². The first-order valence-electron chi connectivity index (χ1n) is 2.31. The largest absolute Gasteiger partial charge is 0.157 e. The van der Waals surface area contributed by atoms with Crippen LogP contribution in [0.1, 0.15) is 6.92 Å². The Hall–Kier alpha value is 2.40. The molecule has 9 heteroatoms. The van der Waals surface area contributed by atoms with E-state index in [9.17, 15) is 0 Å². The molecule has 0 fully saturated rings. The topological polar surface area (TPSA) is 3.24 Å². The van der Waals surface area contributed by atoms with Crippen LogP contribution in [0.15, 0.2) is 0 Å². The summed E-state index contributed by atoms with van der Waals surface area (Å²) in [6.45, 7) is 2.15. The second kappa shape index (κ2) is 4.76. The number of halogens is 6. The Bertz CT molecular complexity index is 114. The van der Waals surface area contributed by atoms with Crippen LogP contribution in [0.5, 0.6) is 0 Å². The van der Waals surface area contributed by atoms with Crippen molar-refractivity contribution in [1.29, 1.82) is 0 Å². The molecule has 0 aromatic rings. The van der Waals surface area contributed by atoms with Crippen LogP contribution in [-0.2, 0) is 0 Å². The maximum atomic E-state index is 5.59. The molecule has 0 aromatic carbocycles. The number of nitrogens with zero attached hydrogens (tertiary/aromatic N) is 1. The van der Waals surface area contributed by atoms with Gasteiger partial charge >= 0.3 is 0 Å². The average Bonchev–Trinajstić information content (AvgIpc) is 1.56. The van der Waals surface area contributed by atoms with Gasteiger partial charge < -0.3 is 0 Å². The summed E-state index contributed by atoms with van der Waals surface area (Å²) >= 11 is 0. The standard InChI is InChI=1S/C2H5Cl6NS2/c1-2-9(10(3,4)5)11(6,7)8/h2H2,1H3. The smallest absolute Gasteiger partial charge is 0.0667 e. The Morgan fingerprint density at radius 1 is 0.909 bits per heavy atom. The van der Waals surface area contributed by atoms with E-state index in [-0.39, 0.29) is 0 Å². The lowest BCUT2D eigenvalue weighted by molar-refractivity contribution is 0.792. The lowest BCUT2D eigenvalue weighted by Gasteiger charge is -2.37. The van der Waals surface area contributed by atoms with E-state index < -0.39 is 15.7 Å². The quantitative estimate of drug-likeness (QED) is 0.647. The first-order valence-corrected chi connectivity index (χ1v) is 10.5. The lowest BCUT2D eigenvalue weighted by atomic mass is 10.8. The van der Waals surface area contributed by atoms with Crippen molar-refractivity contribution in [3.63, 3.8) is 0 Å². The third-order valence-corrected chi connectivity index (χ3v) is 7.97. The van der Waals surface area contributed by atoms with Crippen LogP contribution in [-0.4, -0.2) is 10.3 Å². The fourth-order valence-corrected chi connectivity index (χ4v) is 10.4. The van der Waals surface area contributed by atoms with Gasteiger partial charge in [0, 0.05) is 6.54 Å². The summed E-state index contributed by atoms with van der Waals surface area (Å²) in [6, 6.07) is 0. The minimum Gasteiger partial charge on any atom is -0.157 e. The summed E-state index contributed by atoms with van der Waals surface area (Å²) in [6.07, 6.45) is 0. The zero-order valence-electron chi connectivity index (χ0n) is 5.24. The third-order valence-electron chi connectivity index (χ3n) is 0.720. The van der Waals surface area contributed by atoms with Crippen LogP contribution in [0.2, 0.25) is 0 Å². The molecule has 0 saturated heterocycles. The van der Waals surface area contributed by atoms with Gasteiger partial charge in [-0.2, -0.15) is 3.71 Å². The van der Waals surface area contributed by atoms with Gasteiger partial charge in [-0.1, -0.05) is 6.92 Å². The van der Waals surface area contributed by atoms with Gasteiger partial charge in [0.1, 0.15) is 0 Å². The fraction of sp³-hybridized carbons (Fsp3) is 1.00. The number of hydrogen-bond donors (Lipinski definition) is 0. The molecule has 11 heavy (non-hydrogen) atoms. The molecule has 72 valence electrons. The van der Waals surface area contributed by atoms with Gasteiger partial charge in [0.05, 0.1) is 15.7 Å². The Kier molecular flexibility index (Phi) is 5.80. The summed E-state index contributed by atoms with van der Waals surface area (Å²) in [5.41, 5.74) is 0. The van der Waals surface area contributed by atoms with Crippen molar-refractivity contribution in [2.75, 3.05) is 6.54 Å². The van der Waals surface area contributed by atoms with Gasteiger partial charge in [0.2, 0.25) is 0 Å². The molecule has 0 saturated carbocycles. The van der Waals surface area contributed by atoms with Crippen molar-refractivity contribution in [3.8, 4) is 0 Å². The molecular weight excluding hydrogens is 315 g/mol. The Morgan fingerprint density at radius 2 is 1.18 bits per heavy atom. The van der Waals surface area contributed by atoms with Gasteiger partial charge in [-0.3, -0.25) is 0 Å². The molecular formula is C2H5Cl6NS2. The molecule has 0 rings (SSSR count). The van der Waals surface area contributed by atoms with Crippen molar-refractivity contribution < 1.29 is 0 Å². The maximum Gasteiger partial charge on any atom is 0.0667 e. The normalized spacial score (nSPS) is 17.1. The highest BCUT2D eigenvalue weighted by molar-refractivity contribution is 8.88. The minimum atomic E-state index is -2.48. The lowest BCUT2D eigenvalue weighted by Crippen LogP contribution is -2.14. The minimum absolute atomic E-state index is 0.400. The Balaban J connectivity index is 4.43. The molecule has 0 atom stereocenters. The predicted molar refractivity (Wildman–Crippen MR) is 62.7 cm³/mol. The van der Waals surface area contributed by atoms with Crippen molar-refractivity contribution in [3.05, 3.63) is 0 Å². The van der Waals surface area contributed by atoms with E-state index in [1.807, 2.05) is 0 Å². The molecule has 0 amide bonds. The second-order valence-electron chi connectivity index (χ2n) is 1.41. The van der Waals surface area contributed by atoms with Crippen molar-refractivity contribution in [2.24, 2.45) is 0 Å². The zero-order valence-corrected chi connectivity index (χ0v) is 11.4. The van der Waals surface area contributed by atoms with Crippen LogP contribution in [0.25, 0.3) is 0 Å². The molecule has 0 radical (unpaired) electrons. The number of rotatable bonds is 3. The van der Waals surface area contributed by atoms with Crippen molar-refractivity contribution in [2.45, 2.75) is 6.92 Å². The molecule has 0 aromatic heterocycles. The second-order valence-corrected chi connectivity index (χ2v) is 14.9. The summed E-state index contributed by atoms with van der Waals surface area (Å²) in [5, 5.41) is 0. The summed E-state index contributed by atoms with van der Waals surface area (Å²) in [7, 11) is 28.6. The number of hydrogen-bond acceptors (Lipinski definition) is 1. The van der Waals surface area contributed by atoms with Crippen LogP contribution in [0.3, 0.4) is 0 Å².